The van der Waals surface area contributed by atoms with E-state index in [0.717, 1.165) is 6.42 Å². The molecule has 2 aromatic carbocycles. The molecule has 9 nitrogen and oxygen atoms in total. The zero-order valence-electron chi connectivity index (χ0n) is 19.3. The van der Waals surface area contributed by atoms with Crippen LogP contribution in [0.5, 0.6) is 11.5 Å². The number of aromatic nitrogens is 4. The van der Waals surface area contributed by atoms with Gasteiger partial charge in [-0.05, 0) is 37.1 Å². The number of anilines is 1. The van der Waals surface area contributed by atoms with Crippen LogP contribution >= 0.6 is 0 Å². The molecular weight excluding hydrogens is 461 g/mol. The van der Waals surface area contributed by atoms with E-state index in [1.165, 1.54) is 12.4 Å². The van der Waals surface area contributed by atoms with Crippen LogP contribution in [0.1, 0.15) is 18.9 Å². The second-order valence-corrected chi connectivity index (χ2v) is 8.45. The van der Waals surface area contributed by atoms with Crippen molar-refractivity contribution in [1.82, 2.24) is 24.6 Å². The number of carbonyl (C=O) groups is 1. The normalized spacial score (nSPS) is 15.4. The molecule has 180 valence electrons. The molecule has 10 heteroatoms. The number of hydrogen-bond donors (Lipinski definition) is 1. The van der Waals surface area contributed by atoms with E-state index in [-0.39, 0.29) is 23.0 Å². The summed E-state index contributed by atoms with van der Waals surface area (Å²) in [6.07, 6.45) is 2.75. The van der Waals surface area contributed by atoms with Crippen molar-refractivity contribution in [2.45, 2.75) is 18.9 Å². The number of likely N-dealkylation sites (tertiary alicyclic amines) is 1. The number of nitrogens with two attached hydrogens (primary N) is 1. The summed E-state index contributed by atoms with van der Waals surface area (Å²) in [5.74, 6) is 0.158. The predicted molar refractivity (Wildman–Crippen MR) is 131 cm³/mol. The van der Waals surface area contributed by atoms with Crippen LogP contribution in [0.15, 0.2) is 67.0 Å². The van der Waals surface area contributed by atoms with Gasteiger partial charge in [0.05, 0.1) is 11.4 Å². The Labute approximate surface area is 206 Å². The molecule has 0 aliphatic carbocycles. The maximum atomic E-state index is 15.3. The third-order valence-corrected chi connectivity index (χ3v) is 6.12. The number of nitrogens with zero attached hydrogens (tertiary/aromatic N) is 6. The number of rotatable bonds is 5. The van der Waals surface area contributed by atoms with Gasteiger partial charge in [0.1, 0.15) is 46.8 Å². The van der Waals surface area contributed by atoms with E-state index in [1.807, 2.05) is 24.3 Å². The average Bonchev–Trinajstić information content (AvgIpc) is 3.29. The molecular formula is C26H22FN7O2. The Bertz CT molecular complexity index is 1510. The van der Waals surface area contributed by atoms with Gasteiger partial charge in [0, 0.05) is 24.7 Å². The molecule has 2 aromatic heterocycles. The highest BCUT2D eigenvalue weighted by molar-refractivity contribution is 5.98. The standard InChI is InChI=1S/C26H22FN7O2/c1-16(13-28)26(35)33-11-5-6-17(14-33)34-25-22(24(29)30-15-31-25)23(32-34)20-10-9-19(12-21(20)27)36-18-7-3-2-4-8-18/h2-4,7-10,12,15,17H,1,5-6,11,14H2,(H2,29,30,31). The van der Waals surface area contributed by atoms with E-state index >= 15 is 4.39 Å². The molecule has 0 spiro atoms. The third-order valence-electron chi connectivity index (χ3n) is 6.12. The average molecular weight is 484 g/mol. The molecule has 3 heterocycles. The molecule has 1 atom stereocenters. The monoisotopic (exact) mass is 483 g/mol. The van der Waals surface area contributed by atoms with Crippen molar-refractivity contribution in [2.75, 3.05) is 18.8 Å². The highest BCUT2D eigenvalue weighted by atomic mass is 19.1. The molecule has 36 heavy (non-hydrogen) atoms. The van der Waals surface area contributed by atoms with Crippen LogP contribution < -0.4 is 10.5 Å². The summed E-state index contributed by atoms with van der Waals surface area (Å²) in [7, 11) is 0. The molecule has 1 fully saturated rings. The van der Waals surface area contributed by atoms with Gasteiger partial charge in [0.25, 0.3) is 5.91 Å². The number of benzene rings is 2. The van der Waals surface area contributed by atoms with Gasteiger partial charge in [-0.15, -0.1) is 0 Å². The third kappa shape index (κ3) is 4.22. The lowest BCUT2D eigenvalue weighted by molar-refractivity contribution is -0.128. The van der Waals surface area contributed by atoms with Crippen LogP contribution in [0, 0.1) is 17.1 Å². The van der Waals surface area contributed by atoms with Crippen molar-refractivity contribution in [3.8, 4) is 28.8 Å². The Morgan fingerprint density at radius 2 is 2.00 bits per heavy atom. The van der Waals surface area contributed by atoms with Crippen molar-refractivity contribution in [3.05, 3.63) is 72.8 Å². The topological polar surface area (TPSA) is 123 Å². The Balaban J connectivity index is 1.52. The van der Waals surface area contributed by atoms with Crippen molar-refractivity contribution in [3.63, 3.8) is 0 Å². The van der Waals surface area contributed by atoms with Crippen molar-refractivity contribution in [2.24, 2.45) is 0 Å². The maximum Gasteiger partial charge on any atom is 0.263 e. The number of ether oxygens (including phenoxy) is 1. The van der Waals surface area contributed by atoms with E-state index in [2.05, 4.69) is 16.5 Å². The fraction of sp³-hybridized carbons (Fsp3) is 0.192. The van der Waals surface area contributed by atoms with Crippen molar-refractivity contribution in [1.29, 1.82) is 5.26 Å². The summed E-state index contributed by atoms with van der Waals surface area (Å²) in [6.45, 7) is 4.35. The highest BCUT2D eigenvalue weighted by Gasteiger charge is 2.30. The van der Waals surface area contributed by atoms with Gasteiger partial charge in [-0.25, -0.2) is 19.0 Å². The number of amides is 1. The second-order valence-electron chi connectivity index (χ2n) is 8.45. The van der Waals surface area contributed by atoms with Gasteiger partial charge < -0.3 is 15.4 Å². The summed E-state index contributed by atoms with van der Waals surface area (Å²) in [5.41, 5.74) is 7.04. The fourth-order valence-electron chi connectivity index (χ4n) is 4.39. The molecule has 1 aliphatic rings. The number of halogens is 1. The molecule has 1 saturated heterocycles. The Morgan fingerprint density at radius 3 is 2.75 bits per heavy atom. The second kappa shape index (κ2) is 9.46. The highest BCUT2D eigenvalue weighted by Crippen LogP contribution is 2.36. The van der Waals surface area contributed by atoms with Crippen molar-refractivity contribution >= 4 is 22.8 Å². The Hall–Kier alpha value is -4.78. The summed E-state index contributed by atoms with van der Waals surface area (Å²) in [6, 6.07) is 15.2. The van der Waals surface area contributed by atoms with E-state index in [9.17, 15) is 4.79 Å². The molecule has 5 rings (SSSR count). The van der Waals surface area contributed by atoms with Crippen LogP contribution in [-0.2, 0) is 4.79 Å². The van der Waals surface area contributed by atoms with Gasteiger partial charge in [-0.2, -0.15) is 10.4 Å². The smallest absolute Gasteiger partial charge is 0.263 e. The minimum Gasteiger partial charge on any atom is -0.457 e. The van der Waals surface area contributed by atoms with Crippen molar-refractivity contribution < 1.29 is 13.9 Å². The SMILES string of the molecule is C=C(C#N)C(=O)N1CCCC(n2nc(-c3ccc(Oc4ccccc4)cc3F)c3c(N)ncnc32)C1. The number of hydrogen-bond acceptors (Lipinski definition) is 7. The minimum atomic E-state index is -0.538. The Kier molecular flexibility index (Phi) is 6.04. The molecule has 1 amide bonds. The van der Waals surface area contributed by atoms with Crippen LogP contribution in [0.25, 0.3) is 22.3 Å². The van der Waals surface area contributed by atoms with Crippen LogP contribution in [0.2, 0.25) is 0 Å². The molecule has 0 saturated carbocycles. The molecule has 1 aliphatic heterocycles. The van der Waals surface area contributed by atoms with Gasteiger partial charge in [-0.3, -0.25) is 4.79 Å². The summed E-state index contributed by atoms with van der Waals surface area (Å²) < 4.78 is 22.8. The minimum absolute atomic E-state index is 0.117. The number of para-hydroxylation sites is 1. The zero-order valence-corrected chi connectivity index (χ0v) is 19.3. The lowest BCUT2D eigenvalue weighted by Crippen LogP contribution is -2.41. The number of nitriles is 1. The van der Waals surface area contributed by atoms with E-state index in [4.69, 9.17) is 20.8 Å². The lowest BCUT2D eigenvalue weighted by Gasteiger charge is -2.32. The first-order valence-electron chi connectivity index (χ1n) is 11.4. The summed E-state index contributed by atoms with van der Waals surface area (Å²) in [4.78, 5) is 22.6. The van der Waals surface area contributed by atoms with Gasteiger partial charge in [0.2, 0.25) is 0 Å². The quantitative estimate of drug-likeness (QED) is 0.332. The van der Waals surface area contributed by atoms with Gasteiger partial charge >= 0.3 is 0 Å². The molecule has 4 aromatic rings. The predicted octanol–water partition coefficient (Wildman–Crippen LogP) is 4.25. The summed E-state index contributed by atoms with van der Waals surface area (Å²) in [5, 5.41) is 14.2. The molecule has 0 radical (unpaired) electrons. The zero-order chi connectivity index (χ0) is 25.2. The van der Waals surface area contributed by atoms with Crippen LogP contribution in [0.3, 0.4) is 0 Å². The Morgan fingerprint density at radius 1 is 1.19 bits per heavy atom. The van der Waals surface area contributed by atoms with E-state index in [0.29, 0.717) is 47.7 Å². The van der Waals surface area contributed by atoms with Crippen LogP contribution in [0.4, 0.5) is 10.2 Å². The largest absolute Gasteiger partial charge is 0.457 e. The lowest BCUT2D eigenvalue weighted by atomic mass is 10.0. The number of piperidine rings is 1. The van der Waals surface area contributed by atoms with Gasteiger partial charge in [-0.1, -0.05) is 24.8 Å². The van der Waals surface area contributed by atoms with E-state index < -0.39 is 11.7 Å². The first kappa shape index (κ1) is 23.0. The maximum absolute atomic E-state index is 15.3. The van der Waals surface area contributed by atoms with Gasteiger partial charge in [0.15, 0.2) is 5.65 Å². The molecule has 1 unspecified atom stereocenters. The number of fused-ring (bicyclic) bond motifs is 1. The fourth-order valence-corrected chi connectivity index (χ4v) is 4.39. The number of carbonyl (C=O) groups excluding carboxylic acids is 1. The molecule has 0 bridgehead atoms. The first-order valence-corrected chi connectivity index (χ1v) is 11.4. The van der Waals surface area contributed by atoms with E-state index in [1.54, 1.807) is 33.8 Å². The molecule has 2 N–H and O–H groups in total. The first-order chi connectivity index (χ1) is 17.5. The van der Waals surface area contributed by atoms with Crippen LogP contribution in [-0.4, -0.2) is 43.6 Å². The summed E-state index contributed by atoms with van der Waals surface area (Å²) >= 11 is 0. The number of nitrogen functional groups attached to an aromatic ring is 1.